The van der Waals surface area contributed by atoms with Crippen LogP contribution in [0.25, 0.3) is 22.0 Å². The van der Waals surface area contributed by atoms with Crippen molar-refractivity contribution >= 4 is 29.0 Å². The van der Waals surface area contributed by atoms with E-state index in [2.05, 4.69) is 34.1 Å². The van der Waals surface area contributed by atoms with Crippen LogP contribution >= 0.6 is 12.4 Å². The molecule has 2 aliphatic rings. The Morgan fingerprint density at radius 3 is 2.74 bits per heavy atom. The summed E-state index contributed by atoms with van der Waals surface area (Å²) in [6.45, 7) is 1.99. The maximum absolute atomic E-state index is 6.24. The number of aromatic nitrogens is 2. The largest absolute Gasteiger partial charge is 0.369 e. The van der Waals surface area contributed by atoms with Gasteiger partial charge < -0.3 is 10.6 Å². The lowest BCUT2D eigenvalue weighted by Crippen LogP contribution is -2.28. The highest BCUT2D eigenvalue weighted by molar-refractivity contribution is 5.97. The number of halogens is 1. The van der Waals surface area contributed by atoms with Crippen molar-refractivity contribution in [1.29, 1.82) is 0 Å². The highest BCUT2D eigenvalue weighted by Gasteiger charge is 2.26. The van der Waals surface area contributed by atoms with Crippen molar-refractivity contribution in [2.45, 2.75) is 38.1 Å². The molecule has 140 valence electrons. The number of nitrogens with zero attached hydrogens (tertiary/aromatic N) is 3. The van der Waals surface area contributed by atoms with E-state index in [1.807, 2.05) is 18.5 Å². The molecule has 1 atom stereocenters. The summed E-state index contributed by atoms with van der Waals surface area (Å²) in [4.78, 5) is 11.8. The van der Waals surface area contributed by atoms with E-state index in [0.29, 0.717) is 0 Å². The molecule has 1 fully saturated rings. The number of hydrogen-bond donors (Lipinski definition) is 1. The Morgan fingerprint density at radius 1 is 1.07 bits per heavy atom. The van der Waals surface area contributed by atoms with Crippen molar-refractivity contribution in [2.24, 2.45) is 5.73 Å². The average molecular weight is 381 g/mol. The summed E-state index contributed by atoms with van der Waals surface area (Å²) >= 11 is 0. The van der Waals surface area contributed by atoms with Gasteiger partial charge >= 0.3 is 0 Å². The first-order chi connectivity index (χ1) is 12.8. The molecule has 3 heterocycles. The molecular weight excluding hydrogens is 356 g/mol. The van der Waals surface area contributed by atoms with Gasteiger partial charge in [-0.2, -0.15) is 0 Å². The van der Waals surface area contributed by atoms with Crippen LogP contribution < -0.4 is 10.6 Å². The van der Waals surface area contributed by atoms with E-state index >= 15 is 0 Å². The highest BCUT2D eigenvalue weighted by Crippen LogP contribution is 2.38. The van der Waals surface area contributed by atoms with Crippen LogP contribution in [0.3, 0.4) is 0 Å². The summed E-state index contributed by atoms with van der Waals surface area (Å²) in [5.74, 6) is 0. The van der Waals surface area contributed by atoms with Crippen molar-refractivity contribution in [3.05, 3.63) is 54.0 Å². The van der Waals surface area contributed by atoms with Gasteiger partial charge in [0.05, 0.1) is 11.2 Å². The van der Waals surface area contributed by atoms with Crippen LogP contribution in [-0.4, -0.2) is 29.1 Å². The van der Waals surface area contributed by atoms with E-state index in [1.54, 1.807) is 0 Å². The highest BCUT2D eigenvalue weighted by atomic mass is 35.5. The number of aryl methyl sites for hydroxylation is 1. The van der Waals surface area contributed by atoms with E-state index in [-0.39, 0.29) is 18.4 Å². The Kier molecular flexibility index (Phi) is 5.02. The summed E-state index contributed by atoms with van der Waals surface area (Å²) < 4.78 is 0. The summed E-state index contributed by atoms with van der Waals surface area (Å²) in [5.41, 5.74) is 13.8. The summed E-state index contributed by atoms with van der Waals surface area (Å²) in [6, 6.07) is 11.0. The van der Waals surface area contributed by atoms with Crippen LogP contribution in [0.4, 0.5) is 5.69 Å². The van der Waals surface area contributed by atoms with Gasteiger partial charge in [-0.15, -0.1) is 12.4 Å². The lowest BCUT2D eigenvalue weighted by Gasteiger charge is -2.28. The Hall–Kier alpha value is -2.17. The third-order valence-corrected chi connectivity index (χ3v) is 5.77. The molecule has 1 unspecified atom stereocenters. The molecule has 3 aromatic rings. The van der Waals surface area contributed by atoms with Crippen LogP contribution in [-0.2, 0) is 12.8 Å². The van der Waals surface area contributed by atoms with Gasteiger partial charge in [0.2, 0.25) is 0 Å². The average Bonchev–Trinajstić information content (AvgIpc) is 3.12. The third kappa shape index (κ3) is 3.28. The summed E-state index contributed by atoms with van der Waals surface area (Å²) in [7, 11) is 0. The molecule has 5 heteroatoms. The fourth-order valence-electron chi connectivity index (χ4n) is 4.46. The molecular formula is C22H25ClN4. The number of rotatable bonds is 2. The normalized spacial score (nSPS) is 19.0. The Morgan fingerprint density at radius 2 is 1.96 bits per heavy atom. The SMILES string of the molecule is Cl.NC1CCN(c2c3c(nc4ccc(-c5cccnc5)cc24)CCCC3)C1. The van der Waals surface area contributed by atoms with E-state index in [1.165, 1.54) is 40.7 Å². The minimum atomic E-state index is 0. The summed E-state index contributed by atoms with van der Waals surface area (Å²) in [6.07, 6.45) is 9.56. The summed E-state index contributed by atoms with van der Waals surface area (Å²) in [5, 5.41) is 1.26. The van der Waals surface area contributed by atoms with Gasteiger partial charge in [-0.3, -0.25) is 9.97 Å². The number of benzene rings is 1. The number of hydrogen-bond acceptors (Lipinski definition) is 4. The second-order valence-corrected chi connectivity index (χ2v) is 7.56. The Bertz CT molecular complexity index is 957. The van der Waals surface area contributed by atoms with Gasteiger partial charge in [0, 0.05) is 48.2 Å². The zero-order valence-corrected chi connectivity index (χ0v) is 16.2. The smallest absolute Gasteiger partial charge is 0.0726 e. The Balaban J connectivity index is 0.00000180. The molecule has 0 radical (unpaired) electrons. The molecule has 2 N–H and O–H groups in total. The van der Waals surface area contributed by atoms with Crippen LogP contribution in [0.2, 0.25) is 0 Å². The minimum absolute atomic E-state index is 0. The third-order valence-electron chi connectivity index (χ3n) is 5.77. The molecule has 27 heavy (non-hydrogen) atoms. The molecule has 1 aliphatic heterocycles. The molecule has 1 aromatic carbocycles. The van der Waals surface area contributed by atoms with Crippen LogP contribution in [0.5, 0.6) is 0 Å². The molecule has 1 saturated heterocycles. The number of anilines is 1. The lowest BCUT2D eigenvalue weighted by molar-refractivity contribution is 0.668. The molecule has 0 amide bonds. The predicted molar refractivity (Wildman–Crippen MR) is 114 cm³/mol. The number of nitrogens with two attached hydrogens (primary N) is 1. The zero-order valence-electron chi connectivity index (χ0n) is 15.4. The second kappa shape index (κ2) is 7.45. The predicted octanol–water partition coefficient (Wildman–Crippen LogP) is 4.13. The van der Waals surface area contributed by atoms with Gasteiger partial charge in [-0.1, -0.05) is 12.1 Å². The van der Waals surface area contributed by atoms with Gasteiger partial charge in [0.15, 0.2) is 0 Å². The van der Waals surface area contributed by atoms with Gasteiger partial charge in [0.25, 0.3) is 0 Å². The van der Waals surface area contributed by atoms with Crippen LogP contribution in [0.15, 0.2) is 42.7 Å². The molecule has 0 saturated carbocycles. The maximum atomic E-state index is 6.24. The van der Waals surface area contributed by atoms with Crippen molar-refractivity contribution in [2.75, 3.05) is 18.0 Å². The van der Waals surface area contributed by atoms with E-state index < -0.39 is 0 Å². The fraction of sp³-hybridized carbons (Fsp3) is 0.364. The monoisotopic (exact) mass is 380 g/mol. The first-order valence-electron chi connectivity index (χ1n) is 9.66. The van der Waals surface area contributed by atoms with E-state index in [0.717, 1.165) is 43.4 Å². The second-order valence-electron chi connectivity index (χ2n) is 7.56. The van der Waals surface area contributed by atoms with Gasteiger partial charge in [0.1, 0.15) is 0 Å². The quantitative estimate of drug-likeness (QED) is 0.726. The van der Waals surface area contributed by atoms with Crippen LogP contribution in [0, 0.1) is 0 Å². The van der Waals surface area contributed by atoms with Crippen molar-refractivity contribution in [3.63, 3.8) is 0 Å². The van der Waals surface area contributed by atoms with Gasteiger partial charge in [-0.25, -0.2) is 0 Å². The van der Waals surface area contributed by atoms with Gasteiger partial charge in [-0.05, 0) is 61.4 Å². The molecule has 4 nitrogen and oxygen atoms in total. The topological polar surface area (TPSA) is 55.0 Å². The first kappa shape index (κ1) is 18.2. The first-order valence-corrected chi connectivity index (χ1v) is 9.66. The van der Waals surface area contributed by atoms with Crippen molar-refractivity contribution in [3.8, 4) is 11.1 Å². The van der Waals surface area contributed by atoms with Crippen LogP contribution in [0.1, 0.15) is 30.5 Å². The molecule has 5 rings (SSSR count). The molecule has 2 aromatic heterocycles. The van der Waals surface area contributed by atoms with Crippen molar-refractivity contribution in [1.82, 2.24) is 9.97 Å². The molecule has 0 bridgehead atoms. The zero-order chi connectivity index (χ0) is 17.5. The number of pyridine rings is 2. The van der Waals surface area contributed by atoms with E-state index in [9.17, 15) is 0 Å². The van der Waals surface area contributed by atoms with E-state index in [4.69, 9.17) is 10.7 Å². The minimum Gasteiger partial charge on any atom is -0.369 e. The maximum Gasteiger partial charge on any atom is 0.0726 e. The standard InChI is InChI=1S/C22H24N4.ClH/c23-17-9-11-26(14-17)22-18-5-1-2-6-20(18)25-21-8-7-15(12-19(21)22)16-4-3-10-24-13-16;/h3-4,7-8,10,12-13,17H,1-2,5-6,9,11,14,23H2;1H. The lowest BCUT2D eigenvalue weighted by atomic mass is 9.91. The Labute approximate surface area is 166 Å². The molecule has 0 spiro atoms. The molecule has 1 aliphatic carbocycles. The number of fused-ring (bicyclic) bond motifs is 2. The fourth-order valence-corrected chi connectivity index (χ4v) is 4.46. The van der Waals surface area contributed by atoms with Crippen molar-refractivity contribution < 1.29 is 0 Å².